The molecule has 2 heterocycles. The molecule has 22 heavy (non-hydrogen) atoms. The predicted molar refractivity (Wildman–Crippen MR) is 89.8 cm³/mol. The van der Waals surface area contributed by atoms with Crippen LogP contribution in [0.4, 0.5) is 0 Å². The van der Waals surface area contributed by atoms with E-state index in [1.807, 2.05) is 13.8 Å². The standard InChI is InChI=1S/C13H18N4O2S2.ClH/c1-13(2)8-17(7-6-11(13)14)21(18,19)10-5-3-4-9-12(10)16-20-15-9;/h3-5,11H,6-8,14H2,1-2H3;1H. The number of piperidine rings is 1. The molecule has 0 aliphatic carbocycles. The van der Waals surface area contributed by atoms with Crippen LogP contribution >= 0.6 is 24.1 Å². The molecule has 6 nitrogen and oxygen atoms in total. The van der Waals surface area contributed by atoms with Gasteiger partial charge in [0.05, 0.1) is 11.7 Å². The van der Waals surface area contributed by atoms with Crippen molar-refractivity contribution in [2.24, 2.45) is 11.1 Å². The minimum absolute atomic E-state index is 0. The molecule has 0 bridgehead atoms. The predicted octanol–water partition coefficient (Wildman–Crippen LogP) is 1.86. The fourth-order valence-electron chi connectivity index (χ4n) is 2.66. The number of halogens is 1. The molecule has 1 unspecified atom stereocenters. The molecule has 1 aromatic heterocycles. The highest BCUT2D eigenvalue weighted by Gasteiger charge is 2.39. The number of hydrogen-bond acceptors (Lipinski definition) is 6. The lowest BCUT2D eigenvalue weighted by atomic mass is 9.81. The maximum absolute atomic E-state index is 12.9. The fraction of sp³-hybridized carbons (Fsp3) is 0.538. The van der Waals surface area contributed by atoms with E-state index in [4.69, 9.17) is 5.73 Å². The molecule has 0 amide bonds. The number of hydrogen-bond donors (Lipinski definition) is 1. The maximum atomic E-state index is 12.9. The van der Waals surface area contributed by atoms with Gasteiger partial charge < -0.3 is 5.73 Å². The Morgan fingerprint density at radius 2 is 2.09 bits per heavy atom. The molecular formula is C13H19ClN4O2S2. The first-order valence-corrected chi connectivity index (χ1v) is 8.96. The number of fused-ring (bicyclic) bond motifs is 1. The van der Waals surface area contributed by atoms with Gasteiger partial charge in [-0.05, 0) is 24.0 Å². The summed E-state index contributed by atoms with van der Waals surface area (Å²) in [6.07, 6.45) is 0.664. The molecule has 2 aromatic rings. The third kappa shape index (κ3) is 2.85. The molecule has 0 saturated carbocycles. The minimum atomic E-state index is -3.57. The van der Waals surface area contributed by atoms with Crippen LogP contribution in [-0.2, 0) is 10.0 Å². The number of sulfonamides is 1. The van der Waals surface area contributed by atoms with Crippen LogP contribution in [0.1, 0.15) is 20.3 Å². The van der Waals surface area contributed by atoms with Gasteiger partial charge in [-0.25, -0.2) is 8.42 Å². The van der Waals surface area contributed by atoms with Crippen LogP contribution in [0, 0.1) is 5.41 Å². The largest absolute Gasteiger partial charge is 0.327 e. The normalized spacial score (nSPS) is 22.4. The smallest absolute Gasteiger partial charge is 0.245 e. The Labute approximate surface area is 140 Å². The van der Waals surface area contributed by atoms with Crippen molar-refractivity contribution in [3.63, 3.8) is 0 Å². The third-order valence-corrected chi connectivity index (χ3v) is 6.56. The van der Waals surface area contributed by atoms with Crippen molar-refractivity contribution < 1.29 is 8.42 Å². The summed E-state index contributed by atoms with van der Waals surface area (Å²) in [4.78, 5) is 0.236. The van der Waals surface area contributed by atoms with E-state index in [2.05, 4.69) is 8.75 Å². The number of rotatable bonds is 2. The maximum Gasteiger partial charge on any atom is 0.245 e. The summed E-state index contributed by atoms with van der Waals surface area (Å²) in [5.41, 5.74) is 6.93. The first-order chi connectivity index (χ1) is 9.82. The number of aromatic nitrogens is 2. The zero-order valence-corrected chi connectivity index (χ0v) is 14.8. The van der Waals surface area contributed by atoms with Crippen LogP contribution in [0.25, 0.3) is 11.0 Å². The summed E-state index contributed by atoms with van der Waals surface area (Å²) in [5, 5.41) is 0. The monoisotopic (exact) mass is 362 g/mol. The van der Waals surface area contributed by atoms with Gasteiger partial charge >= 0.3 is 0 Å². The summed E-state index contributed by atoms with van der Waals surface area (Å²) in [7, 11) is -3.57. The highest BCUT2D eigenvalue weighted by atomic mass is 35.5. The third-order valence-electron chi connectivity index (χ3n) is 4.14. The topological polar surface area (TPSA) is 89.2 Å². The van der Waals surface area contributed by atoms with Crippen molar-refractivity contribution in [1.82, 2.24) is 13.1 Å². The van der Waals surface area contributed by atoms with Crippen LogP contribution in [0.5, 0.6) is 0 Å². The van der Waals surface area contributed by atoms with E-state index in [0.29, 0.717) is 30.5 Å². The molecule has 1 aromatic carbocycles. The van der Waals surface area contributed by atoms with E-state index < -0.39 is 10.0 Å². The van der Waals surface area contributed by atoms with Gasteiger partial charge in [0.15, 0.2) is 0 Å². The van der Waals surface area contributed by atoms with E-state index in [9.17, 15) is 8.42 Å². The van der Waals surface area contributed by atoms with Gasteiger partial charge in [0.1, 0.15) is 15.9 Å². The first-order valence-electron chi connectivity index (χ1n) is 6.79. The van der Waals surface area contributed by atoms with Crippen molar-refractivity contribution in [2.75, 3.05) is 13.1 Å². The second-order valence-electron chi connectivity index (χ2n) is 6.11. The fourth-order valence-corrected chi connectivity index (χ4v) is 5.04. The van der Waals surface area contributed by atoms with E-state index >= 15 is 0 Å². The molecule has 1 saturated heterocycles. The van der Waals surface area contributed by atoms with Crippen LogP contribution in [0.15, 0.2) is 23.1 Å². The molecule has 0 radical (unpaired) electrons. The lowest BCUT2D eigenvalue weighted by molar-refractivity contribution is 0.155. The quantitative estimate of drug-likeness (QED) is 0.880. The molecular weight excluding hydrogens is 344 g/mol. The van der Waals surface area contributed by atoms with Crippen molar-refractivity contribution >= 4 is 45.2 Å². The molecule has 2 N–H and O–H groups in total. The van der Waals surface area contributed by atoms with Crippen LogP contribution in [0.2, 0.25) is 0 Å². The molecule has 9 heteroatoms. The van der Waals surface area contributed by atoms with Gasteiger partial charge in [-0.3, -0.25) is 0 Å². The summed E-state index contributed by atoms with van der Waals surface area (Å²) in [6.45, 7) is 4.87. The van der Waals surface area contributed by atoms with E-state index in [-0.39, 0.29) is 28.8 Å². The number of nitrogens with two attached hydrogens (primary N) is 1. The average Bonchev–Trinajstić information content (AvgIpc) is 2.89. The van der Waals surface area contributed by atoms with Crippen molar-refractivity contribution in [3.05, 3.63) is 18.2 Å². The molecule has 3 rings (SSSR count). The summed E-state index contributed by atoms with van der Waals surface area (Å²) in [6, 6.07) is 5.09. The van der Waals surface area contributed by atoms with E-state index in [1.165, 1.54) is 4.31 Å². The Kier molecular flexibility index (Phi) is 4.79. The summed E-state index contributed by atoms with van der Waals surface area (Å²) >= 11 is 1.03. The van der Waals surface area contributed by atoms with Gasteiger partial charge in [0.25, 0.3) is 0 Å². The Morgan fingerprint density at radius 1 is 1.36 bits per heavy atom. The SMILES string of the molecule is CC1(C)CN(S(=O)(=O)c2cccc3nsnc23)CCC1N.Cl. The van der Waals surface area contributed by atoms with Crippen molar-refractivity contribution in [1.29, 1.82) is 0 Å². The average molecular weight is 363 g/mol. The van der Waals surface area contributed by atoms with E-state index in [1.54, 1.807) is 18.2 Å². The first kappa shape index (κ1) is 17.6. The van der Waals surface area contributed by atoms with Gasteiger partial charge in [0, 0.05) is 19.1 Å². The lowest BCUT2D eigenvalue weighted by Gasteiger charge is -2.41. The van der Waals surface area contributed by atoms with E-state index in [0.717, 1.165) is 11.7 Å². The molecule has 1 aliphatic rings. The number of benzene rings is 1. The highest BCUT2D eigenvalue weighted by Crippen LogP contribution is 2.32. The second-order valence-corrected chi connectivity index (χ2v) is 8.55. The Hall–Kier alpha value is -0.800. The second kappa shape index (κ2) is 6.01. The molecule has 0 spiro atoms. The van der Waals surface area contributed by atoms with Crippen LogP contribution in [0.3, 0.4) is 0 Å². The Bertz CT molecular complexity index is 775. The van der Waals surface area contributed by atoms with Gasteiger partial charge in [-0.1, -0.05) is 19.9 Å². The van der Waals surface area contributed by atoms with Gasteiger partial charge in [-0.2, -0.15) is 13.1 Å². The van der Waals surface area contributed by atoms with Crippen LogP contribution in [-0.4, -0.2) is 40.6 Å². The molecule has 1 fully saturated rings. The zero-order valence-electron chi connectivity index (χ0n) is 12.4. The molecule has 122 valence electrons. The van der Waals surface area contributed by atoms with Gasteiger partial charge in [0.2, 0.25) is 10.0 Å². The molecule has 1 aliphatic heterocycles. The molecule has 1 atom stereocenters. The van der Waals surface area contributed by atoms with Gasteiger partial charge in [-0.15, -0.1) is 12.4 Å². The minimum Gasteiger partial charge on any atom is -0.327 e. The Morgan fingerprint density at radius 3 is 2.77 bits per heavy atom. The highest BCUT2D eigenvalue weighted by molar-refractivity contribution is 7.89. The van der Waals surface area contributed by atoms with Crippen molar-refractivity contribution in [2.45, 2.75) is 31.2 Å². The number of nitrogens with zero attached hydrogens (tertiary/aromatic N) is 3. The summed E-state index contributed by atoms with van der Waals surface area (Å²) in [5.74, 6) is 0. The summed E-state index contributed by atoms with van der Waals surface area (Å²) < 4.78 is 35.6. The lowest BCUT2D eigenvalue weighted by Crippen LogP contribution is -2.53. The van der Waals surface area contributed by atoms with Crippen molar-refractivity contribution in [3.8, 4) is 0 Å². The zero-order chi connectivity index (χ0) is 15.3. The Balaban J connectivity index is 0.00000176. The van der Waals surface area contributed by atoms with Crippen LogP contribution < -0.4 is 5.73 Å².